The second-order valence-electron chi connectivity index (χ2n) is 6.61. The Kier molecular flexibility index (Phi) is 6.51. The van der Waals surface area contributed by atoms with Crippen molar-refractivity contribution in [1.82, 2.24) is 15.1 Å². The van der Waals surface area contributed by atoms with Crippen LogP contribution in [-0.4, -0.2) is 28.5 Å². The number of carbonyl (C=O) groups is 1. The minimum Gasteiger partial charge on any atom is -0.367 e. The van der Waals surface area contributed by atoms with E-state index in [1.807, 2.05) is 0 Å². The average Bonchev–Trinajstić information content (AvgIpc) is 3.08. The van der Waals surface area contributed by atoms with Gasteiger partial charge in [-0.05, 0) is 30.2 Å². The van der Waals surface area contributed by atoms with E-state index < -0.39 is 18.6 Å². The number of para-hydroxylation sites is 1. The van der Waals surface area contributed by atoms with Crippen LogP contribution in [0.5, 0.6) is 0 Å². The third-order valence-electron chi connectivity index (χ3n) is 4.35. The van der Waals surface area contributed by atoms with Gasteiger partial charge in [-0.1, -0.05) is 36.4 Å². The number of aromatic nitrogens is 2. The first-order valence-corrected chi connectivity index (χ1v) is 9.04. The van der Waals surface area contributed by atoms with Gasteiger partial charge >= 0.3 is 6.18 Å². The van der Waals surface area contributed by atoms with Crippen LogP contribution in [0.4, 0.5) is 17.6 Å². The largest absolute Gasteiger partial charge is 0.411 e. The first-order chi connectivity index (χ1) is 14.2. The molecule has 1 amide bonds. The molecular formula is C21H19F4N3O2. The number of hydrogen-bond donors (Lipinski definition) is 1. The summed E-state index contributed by atoms with van der Waals surface area (Å²) >= 11 is 0. The van der Waals surface area contributed by atoms with Crippen LogP contribution in [0.3, 0.4) is 0 Å². The molecule has 30 heavy (non-hydrogen) atoms. The Labute approximate surface area is 170 Å². The summed E-state index contributed by atoms with van der Waals surface area (Å²) in [7, 11) is 0. The van der Waals surface area contributed by atoms with E-state index in [1.54, 1.807) is 49.4 Å². The van der Waals surface area contributed by atoms with Crippen molar-refractivity contribution in [2.24, 2.45) is 0 Å². The minimum absolute atomic E-state index is 0.152. The van der Waals surface area contributed by atoms with Crippen LogP contribution < -0.4 is 5.32 Å². The Morgan fingerprint density at radius 2 is 1.77 bits per heavy atom. The van der Waals surface area contributed by atoms with Gasteiger partial charge in [-0.25, -0.2) is 9.07 Å². The summed E-state index contributed by atoms with van der Waals surface area (Å²) in [6.45, 7) is 0.433. The molecule has 1 heterocycles. The number of hydrogen-bond acceptors (Lipinski definition) is 3. The van der Waals surface area contributed by atoms with Crippen LogP contribution in [0.2, 0.25) is 0 Å². The van der Waals surface area contributed by atoms with Gasteiger partial charge in [0.25, 0.3) is 5.91 Å². The van der Waals surface area contributed by atoms with E-state index in [-0.39, 0.29) is 24.7 Å². The molecule has 0 bridgehead atoms. The number of benzene rings is 2. The minimum atomic E-state index is -4.36. The molecule has 0 saturated carbocycles. The Bertz CT molecular complexity index is 1010. The molecule has 1 N–H and O–H groups in total. The summed E-state index contributed by atoms with van der Waals surface area (Å²) in [5.74, 6) is -0.817. The summed E-state index contributed by atoms with van der Waals surface area (Å²) in [6, 6.07) is 12.8. The third kappa shape index (κ3) is 5.44. The number of alkyl halides is 3. The van der Waals surface area contributed by atoms with Gasteiger partial charge in [0, 0.05) is 6.54 Å². The molecule has 0 unspecified atom stereocenters. The number of carbonyl (C=O) groups excluding carboxylic acids is 1. The van der Waals surface area contributed by atoms with Gasteiger partial charge in [0.1, 0.15) is 18.1 Å². The molecule has 0 aliphatic heterocycles. The van der Waals surface area contributed by atoms with Gasteiger partial charge in [-0.15, -0.1) is 0 Å². The van der Waals surface area contributed by atoms with Crippen molar-refractivity contribution in [3.8, 4) is 5.69 Å². The SMILES string of the molecule is Cc1c(C(=O)NCc2ccc(COCC(F)(F)F)cc2)cnn1-c1ccccc1F. The number of rotatable bonds is 7. The van der Waals surface area contributed by atoms with Crippen molar-refractivity contribution in [2.75, 3.05) is 6.61 Å². The van der Waals surface area contributed by atoms with E-state index in [1.165, 1.54) is 16.9 Å². The fourth-order valence-corrected chi connectivity index (χ4v) is 2.81. The zero-order valence-corrected chi connectivity index (χ0v) is 16.0. The lowest BCUT2D eigenvalue weighted by Gasteiger charge is -2.09. The van der Waals surface area contributed by atoms with E-state index in [0.29, 0.717) is 16.8 Å². The second kappa shape index (κ2) is 9.08. The van der Waals surface area contributed by atoms with Crippen LogP contribution in [0.1, 0.15) is 27.2 Å². The van der Waals surface area contributed by atoms with Crippen molar-refractivity contribution < 1.29 is 27.1 Å². The molecule has 0 aliphatic rings. The van der Waals surface area contributed by atoms with E-state index in [9.17, 15) is 22.4 Å². The second-order valence-corrected chi connectivity index (χ2v) is 6.61. The van der Waals surface area contributed by atoms with Gasteiger partial charge in [0.2, 0.25) is 0 Å². The first-order valence-electron chi connectivity index (χ1n) is 9.04. The summed E-state index contributed by atoms with van der Waals surface area (Å²) in [6.07, 6.45) is -2.99. The third-order valence-corrected chi connectivity index (χ3v) is 4.35. The standard InChI is InChI=1S/C21H19F4N3O2/c1-14-17(11-27-28(14)19-5-3-2-4-18(19)22)20(29)26-10-15-6-8-16(9-7-15)12-30-13-21(23,24)25/h2-9,11H,10,12-13H2,1H3,(H,26,29). The predicted molar refractivity (Wildman–Crippen MR) is 102 cm³/mol. The molecule has 0 aliphatic carbocycles. The molecule has 0 saturated heterocycles. The van der Waals surface area contributed by atoms with Crippen molar-refractivity contribution >= 4 is 5.91 Å². The Morgan fingerprint density at radius 3 is 2.43 bits per heavy atom. The fourth-order valence-electron chi connectivity index (χ4n) is 2.81. The number of amides is 1. The Hall–Kier alpha value is -3.20. The van der Waals surface area contributed by atoms with E-state index >= 15 is 0 Å². The molecule has 0 radical (unpaired) electrons. The molecule has 158 valence electrons. The van der Waals surface area contributed by atoms with E-state index in [2.05, 4.69) is 15.2 Å². The molecule has 0 spiro atoms. The molecule has 3 rings (SSSR count). The van der Waals surface area contributed by atoms with Gasteiger partial charge in [-0.2, -0.15) is 18.3 Å². The molecule has 1 aromatic heterocycles. The molecule has 3 aromatic rings. The van der Waals surface area contributed by atoms with Crippen LogP contribution in [0.15, 0.2) is 54.7 Å². The summed E-state index contributed by atoms with van der Waals surface area (Å²) in [5, 5.41) is 6.85. The Morgan fingerprint density at radius 1 is 1.10 bits per heavy atom. The van der Waals surface area contributed by atoms with Crippen LogP contribution in [0.25, 0.3) is 5.69 Å². The van der Waals surface area contributed by atoms with Gasteiger partial charge in [-0.3, -0.25) is 4.79 Å². The van der Waals surface area contributed by atoms with Crippen LogP contribution >= 0.6 is 0 Å². The van der Waals surface area contributed by atoms with Crippen molar-refractivity contribution in [2.45, 2.75) is 26.3 Å². The highest BCUT2D eigenvalue weighted by Gasteiger charge is 2.27. The maximum Gasteiger partial charge on any atom is 0.411 e. The maximum absolute atomic E-state index is 14.0. The maximum atomic E-state index is 14.0. The number of ether oxygens (including phenoxy) is 1. The first kappa shape index (κ1) is 21.5. The molecule has 9 heteroatoms. The predicted octanol–water partition coefficient (Wildman–Crippen LogP) is 4.33. The van der Waals surface area contributed by atoms with E-state index in [4.69, 9.17) is 0 Å². The molecular weight excluding hydrogens is 402 g/mol. The number of halogens is 4. The summed E-state index contributed by atoms with van der Waals surface area (Å²) < 4.78 is 56.2. The monoisotopic (exact) mass is 421 g/mol. The fraction of sp³-hybridized carbons (Fsp3) is 0.238. The zero-order chi connectivity index (χ0) is 21.7. The molecule has 5 nitrogen and oxygen atoms in total. The topological polar surface area (TPSA) is 56.1 Å². The molecule has 0 atom stereocenters. The normalized spacial score (nSPS) is 11.5. The average molecular weight is 421 g/mol. The quantitative estimate of drug-likeness (QED) is 0.578. The van der Waals surface area contributed by atoms with Crippen LogP contribution in [-0.2, 0) is 17.9 Å². The molecule has 0 fully saturated rings. The van der Waals surface area contributed by atoms with Gasteiger partial charge in [0.15, 0.2) is 0 Å². The highest BCUT2D eigenvalue weighted by molar-refractivity contribution is 5.95. The lowest BCUT2D eigenvalue weighted by molar-refractivity contribution is -0.176. The van der Waals surface area contributed by atoms with Gasteiger partial charge in [0.05, 0.1) is 24.1 Å². The van der Waals surface area contributed by atoms with Crippen LogP contribution in [0, 0.1) is 12.7 Å². The highest BCUT2D eigenvalue weighted by atomic mass is 19.4. The zero-order valence-electron chi connectivity index (χ0n) is 16.0. The van der Waals surface area contributed by atoms with Crippen molar-refractivity contribution in [3.05, 3.63) is 82.9 Å². The lowest BCUT2D eigenvalue weighted by atomic mass is 10.1. The van der Waals surface area contributed by atoms with Crippen molar-refractivity contribution in [1.29, 1.82) is 0 Å². The highest BCUT2D eigenvalue weighted by Crippen LogP contribution is 2.18. The Balaban J connectivity index is 1.58. The smallest absolute Gasteiger partial charge is 0.367 e. The number of nitrogens with zero attached hydrogens (tertiary/aromatic N) is 2. The van der Waals surface area contributed by atoms with Crippen molar-refractivity contribution in [3.63, 3.8) is 0 Å². The van der Waals surface area contributed by atoms with E-state index in [0.717, 1.165) is 5.56 Å². The number of nitrogens with one attached hydrogen (secondary N) is 1. The summed E-state index contributed by atoms with van der Waals surface area (Å²) in [4.78, 5) is 12.5. The lowest BCUT2D eigenvalue weighted by Crippen LogP contribution is -2.23. The summed E-state index contributed by atoms with van der Waals surface area (Å²) in [5.41, 5.74) is 2.42. The molecule has 2 aromatic carbocycles. The van der Waals surface area contributed by atoms with Gasteiger partial charge < -0.3 is 10.1 Å².